The van der Waals surface area contributed by atoms with Crippen molar-refractivity contribution >= 4 is 11.6 Å². The summed E-state index contributed by atoms with van der Waals surface area (Å²) in [7, 11) is 0. The Labute approximate surface area is 134 Å². The van der Waals surface area contributed by atoms with Crippen molar-refractivity contribution in [1.82, 2.24) is 19.5 Å². The van der Waals surface area contributed by atoms with Crippen LogP contribution >= 0.6 is 0 Å². The van der Waals surface area contributed by atoms with Crippen molar-refractivity contribution in [3.63, 3.8) is 0 Å². The second kappa shape index (κ2) is 6.00. The molecule has 0 saturated carbocycles. The molecule has 0 aliphatic heterocycles. The van der Waals surface area contributed by atoms with Gasteiger partial charge in [0.1, 0.15) is 5.82 Å². The highest BCUT2D eigenvalue weighted by atomic mass is 16.1. The minimum atomic E-state index is -0.169. The van der Waals surface area contributed by atoms with Gasteiger partial charge in [-0.25, -0.2) is 15.0 Å². The summed E-state index contributed by atoms with van der Waals surface area (Å²) < 4.78 is 1.77. The van der Waals surface area contributed by atoms with E-state index >= 15 is 0 Å². The summed E-state index contributed by atoms with van der Waals surface area (Å²) in [6, 6.07) is 5.73. The van der Waals surface area contributed by atoms with Crippen molar-refractivity contribution in [3.8, 4) is 5.95 Å². The number of nitrogens with one attached hydrogen (secondary N) is 1. The zero-order valence-corrected chi connectivity index (χ0v) is 13.2. The molecule has 0 spiro atoms. The number of amides is 1. The maximum absolute atomic E-state index is 12.3. The fourth-order valence-corrected chi connectivity index (χ4v) is 2.37. The Balaban J connectivity index is 1.78. The summed E-state index contributed by atoms with van der Waals surface area (Å²) in [5.74, 6) is 1.15. The zero-order chi connectivity index (χ0) is 16.4. The zero-order valence-electron chi connectivity index (χ0n) is 13.2. The van der Waals surface area contributed by atoms with Crippen LogP contribution in [0.25, 0.3) is 5.95 Å². The molecule has 2 heterocycles. The van der Waals surface area contributed by atoms with Gasteiger partial charge in [0.05, 0.1) is 18.1 Å². The number of aryl methyl sites for hydroxylation is 3. The van der Waals surface area contributed by atoms with Gasteiger partial charge in [-0.1, -0.05) is 17.7 Å². The molecule has 0 atom stereocenters. The molecule has 6 nitrogen and oxygen atoms in total. The number of carbonyl (C=O) groups excluding carboxylic acids is 1. The van der Waals surface area contributed by atoms with Crippen LogP contribution in [-0.4, -0.2) is 25.4 Å². The Morgan fingerprint density at radius 1 is 1.09 bits per heavy atom. The van der Waals surface area contributed by atoms with E-state index in [1.165, 1.54) is 0 Å². The molecule has 0 saturated heterocycles. The molecule has 0 radical (unpaired) electrons. The number of rotatable bonds is 3. The molecule has 1 amide bonds. The summed E-state index contributed by atoms with van der Waals surface area (Å²) in [6.07, 6.45) is 6.65. The molecule has 6 heteroatoms. The number of hydrogen-bond donors (Lipinski definition) is 1. The van der Waals surface area contributed by atoms with Crippen LogP contribution in [0.3, 0.4) is 0 Å². The predicted octanol–water partition coefficient (Wildman–Crippen LogP) is 2.84. The van der Waals surface area contributed by atoms with Gasteiger partial charge in [-0.2, -0.15) is 0 Å². The van der Waals surface area contributed by atoms with Crippen LogP contribution in [0.5, 0.6) is 0 Å². The van der Waals surface area contributed by atoms with Gasteiger partial charge in [-0.3, -0.25) is 9.36 Å². The summed E-state index contributed by atoms with van der Waals surface area (Å²) in [4.78, 5) is 25.0. The van der Waals surface area contributed by atoms with Crippen LogP contribution in [0.15, 0.2) is 43.0 Å². The van der Waals surface area contributed by atoms with Gasteiger partial charge in [-0.15, -0.1) is 0 Å². The lowest BCUT2D eigenvalue weighted by Gasteiger charge is -2.09. The fourth-order valence-electron chi connectivity index (χ4n) is 2.37. The second-order valence-electron chi connectivity index (χ2n) is 5.39. The Morgan fingerprint density at radius 2 is 1.83 bits per heavy atom. The summed E-state index contributed by atoms with van der Waals surface area (Å²) >= 11 is 0. The molecule has 0 fully saturated rings. The maximum atomic E-state index is 12.3. The van der Waals surface area contributed by atoms with Crippen molar-refractivity contribution in [2.24, 2.45) is 0 Å². The second-order valence-corrected chi connectivity index (χ2v) is 5.39. The van der Waals surface area contributed by atoms with E-state index in [4.69, 9.17) is 0 Å². The lowest BCUT2D eigenvalue weighted by Crippen LogP contribution is -2.14. The molecule has 3 rings (SSSR count). The van der Waals surface area contributed by atoms with E-state index in [2.05, 4.69) is 20.3 Å². The van der Waals surface area contributed by atoms with Gasteiger partial charge in [0.25, 0.3) is 5.91 Å². The van der Waals surface area contributed by atoms with E-state index in [0.717, 1.165) is 17.0 Å². The molecule has 1 aromatic carbocycles. The lowest BCUT2D eigenvalue weighted by molar-refractivity contribution is 0.102. The average Bonchev–Trinajstić information content (AvgIpc) is 2.94. The minimum absolute atomic E-state index is 0.169. The molecule has 0 aliphatic rings. The van der Waals surface area contributed by atoms with E-state index < -0.39 is 0 Å². The molecular formula is C17H17N5O. The molecular weight excluding hydrogens is 290 g/mol. The van der Waals surface area contributed by atoms with Gasteiger partial charge >= 0.3 is 0 Å². The third-order valence-corrected chi connectivity index (χ3v) is 3.56. The third-order valence-electron chi connectivity index (χ3n) is 3.56. The smallest absolute Gasteiger partial charge is 0.256 e. The molecule has 116 valence electrons. The highest BCUT2D eigenvalue weighted by molar-refractivity contribution is 6.05. The number of aromatic nitrogens is 4. The van der Waals surface area contributed by atoms with Gasteiger partial charge in [-0.05, 0) is 32.4 Å². The van der Waals surface area contributed by atoms with Crippen molar-refractivity contribution < 1.29 is 4.79 Å². The van der Waals surface area contributed by atoms with Crippen LogP contribution in [0, 0.1) is 20.8 Å². The highest BCUT2D eigenvalue weighted by Gasteiger charge is 2.10. The molecule has 0 unspecified atom stereocenters. The SMILES string of the molecule is Cc1ccc(C(=O)Nc2cnc(-n3ccnc3C)nc2)c(C)c1. The largest absolute Gasteiger partial charge is 0.319 e. The Bertz CT molecular complexity index is 852. The predicted molar refractivity (Wildman–Crippen MR) is 87.8 cm³/mol. The number of carbonyl (C=O) groups is 1. The summed E-state index contributed by atoms with van der Waals surface area (Å²) in [5.41, 5.74) is 3.26. The first kappa shape index (κ1) is 14.9. The third kappa shape index (κ3) is 3.11. The van der Waals surface area contributed by atoms with E-state index in [1.807, 2.05) is 39.0 Å². The van der Waals surface area contributed by atoms with Crippen molar-refractivity contribution in [2.45, 2.75) is 20.8 Å². The monoisotopic (exact) mass is 307 g/mol. The first-order chi connectivity index (χ1) is 11.0. The lowest BCUT2D eigenvalue weighted by atomic mass is 10.1. The summed E-state index contributed by atoms with van der Waals surface area (Å²) in [6.45, 7) is 5.79. The average molecular weight is 307 g/mol. The van der Waals surface area contributed by atoms with E-state index in [9.17, 15) is 4.79 Å². The first-order valence-corrected chi connectivity index (χ1v) is 7.25. The molecule has 3 aromatic rings. The Hall–Kier alpha value is -3.02. The molecule has 2 aromatic heterocycles. The highest BCUT2D eigenvalue weighted by Crippen LogP contribution is 2.14. The van der Waals surface area contributed by atoms with Crippen molar-refractivity contribution in [1.29, 1.82) is 0 Å². The number of benzene rings is 1. The molecule has 0 bridgehead atoms. The van der Waals surface area contributed by atoms with Gasteiger partial charge in [0.15, 0.2) is 0 Å². The number of imidazole rings is 1. The van der Waals surface area contributed by atoms with Crippen molar-refractivity contribution in [3.05, 3.63) is 65.5 Å². The van der Waals surface area contributed by atoms with Crippen LogP contribution < -0.4 is 5.32 Å². The summed E-state index contributed by atoms with van der Waals surface area (Å²) in [5, 5.41) is 2.82. The topological polar surface area (TPSA) is 72.7 Å². The number of anilines is 1. The van der Waals surface area contributed by atoms with Gasteiger partial charge in [0, 0.05) is 18.0 Å². The minimum Gasteiger partial charge on any atom is -0.319 e. The first-order valence-electron chi connectivity index (χ1n) is 7.25. The van der Waals surface area contributed by atoms with Gasteiger partial charge in [0.2, 0.25) is 5.95 Å². The van der Waals surface area contributed by atoms with Crippen molar-refractivity contribution in [2.75, 3.05) is 5.32 Å². The van der Waals surface area contributed by atoms with E-state index in [1.54, 1.807) is 29.4 Å². The van der Waals surface area contributed by atoms with Crippen LogP contribution in [0.1, 0.15) is 27.3 Å². The fraction of sp³-hybridized carbons (Fsp3) is 0.176. The quantitative estimate of drug-likeness (QED) is 0.807. The molecule has 0 aliphatic carbocycles. The Kier molecular flexibility index (Phi) is 3.89. The molecule has 23 heavy (non-hydrogen) atoms. The number of nitrogens with zero attached hydrogens (tertiary/aromatic N) is 4. The normalized spacial score (nSPS) is 10.6. The maximum Gasteiger partial charge on any atom is 0.256 e. The van der Waals surface area contributed by atoms with E-state index in [0.29, 0.717) is 17.2 Å². The van der Waals surface area contributed by atoms with Crippen LogP contribution in [0.2, 0.25) is 0 Å². The Morgan fingerprint density at radius 3 is 2.43 bits per heavy atom. The number of hydrogen-bond acceptors (Lipinski definition) is 4. The van der Waals surface area contributed by atoms with Crippen LogP contribution in [0.4, 0.5) is 5.69 Å². The standard InChI is InChI=1S/C17H17N5O/c1-11-4-5-15(12(2)8-11)16(23)21-14-9-19-17(20-10-14)22-7-6-18-13(22)3/h4-10H,1-3H3,(H,21,23). The van der Waals surface area contributed by atoms with Gasteiger partial charge < -0.3 is 5.32 Å². The molecule has 1 N–H and O–H groups in total. The van der Waals surface area contributed by atoms with Crippen LogP contribution in [-0.2, 0) is 0 Å². The van der Waals surface area contributed by atoms with E-state index in [-0.39, 0.29) is 5.91 Å².